The molecule has 1 fully saturated rings. The highest BCUT2D eigenvalue weighted by atomic mass is 32.2. The van der Waals surface area contributed by atoms with Crippen LogP contribution in [0.15, 0.2) is 35.2 Å². The molecule has 1 aliphatic rings. The van der Waals surface area contributed by atoms with Gasteiger partial charge in [-0.15, -0.1) is 11.3 Å². The van der Waals surface area contributed by atoms with E-state index in [1.54, 1.807) is 6.92 Å². The van der Waals surface area contributed by atoms with Gasteiger partial charge in [-0.25, -0.2) is 21.9 Å². The zero-order valence-electron chi connectivity index (χ0n) is 14.3. The topological polar surface area (TPSA) is 66.4 Å². The van der Waals surface area contributed by atoms with Crippen molar-refractivity contribution in [2.45, 2.75) is 49.0 Å². The van der Waals surface area contributed by atoms with E-state index in [2.05, 4.69) is 4.72 Å². The molecule has 142 valence electrons. The van der Waals surface area contributed by atoms with Gasteiger partial charge in [0.1, 0.15) is 16.5 Å². The number of aliphatic hydroxyl groups excluding tert-OH is 1. The second-order valence-electron chi connectivity index (χ2n) is 6.76. The molecule has 1 saturated carbocycles. The number of sulfonamides is 1. The van der Waals surface area contributed by atoms with Crippen LogP contribution in [0.5, 0.6) is 0 Å². The second-order valence-corrected chi connectivity index (χ2v) is 9.62. The van der Waals surface area contributed by atoms with Crippen molar-refractivity contribution in [3.8, 4) is 0 Å². The van der Waals surface area contributed by atoms with E-state index in [4.69, 9.17) is 0 Å². The van der Waals surface area contributed by atoms with Crippen LogP contribution in [0.1, 0.15) is 48.5 Å². The molecule has 1 heterocycles. The van der Waals surface area contributed by atoms with Crippen LogP contribution in [0.3, 0.4) is 0 Å². The molecule has 1 aliphatic carbocycles. The summed E-state index contributed by atoms with van der Waals surface area (Å²) >= 11 is 1.48. The number of thiophene rings is 1. The van der Waals surface area contributed by atoms with Crippen LogP contribution in [0, 0.1) is 11.6 Å². The summed E-state index contributed by atoms with van der Waals surface area (Å²) in [6, 6.07) is 6.22. The van der Waals surface area contributed by atoms with Crippen LogP contribution in [-0.4, -0.2) is 20.1 Å². The maximum atomic E-state index is 13.9. The number of nitrogens with one attached hydrogen (secondary N) is 1. The van der Waals surface area contributed by atoms with E-state index in [-0.39, 0.29) is 12.0 Å². The Hall–Kier alpha value is -1.35. The van der Waals surface area contributed by atoms with Crippen LogP contribution in [-0.2, 0) is 15.4 Å². The SMILES string of the molecule is CC(O)c1ccc(C2(CNS(=O)(=O)c3ccc(F)cc3F)CCCC2)s1. The van der Waals surface area contributed by atoms with Gasteiger partial charge in [0.25, 0.3) is 0 Å². The van der Waals surface area contributed by atoms with Gasteiger partial charge in [0, 0.05) is 27.8 Å². The lowest BCUT2D eigenvalue weighted by atomic mass is 9.85. The highest BCUT2D eigenvalue weighted by Crippen LogP contribution is 2.44. The first-order valence-electron chi connectivity index (χ1n) is 8.46. The van der Waals surface area contributed by atoms with Gasteiger partial charge in [-0.05, 0) is 44.0 Å². The lowest BCUT2D eigenvalue weighted by Crippen LogP contribution is -2.38. The monoisotopic (exact) mass is 401 g/mol. The summed E-state index contributed by atoms with van der Waals surface area (Å²) in [6.45, 7) is 1.84. The van der Waals surface area contributed by atoms with Crippen LogP contribution in [0.25, 0.3) is 0 Å². The van der Waals surface area contributed by atoms with E-state index in [0.717, 1.165) is 47.6 Å². The number of aliphatic hydroxyl groups is 1. The predicted molar refractivity (Wildman–Crippen MR) is 96.6 cm³/mol. The first kappa shape index (κ1) is 19.4. The fourth-order valence-electron chi connectivity index (χ4n) is 3.43. The summed E-state index contributed by atoms with van der Waals surface area (Å²) in [5.41, 5.74) is -0.360. The van der Waals surface area contributed by atoms with Crippen LogP contribution in [0.2, 0.25) is 0 Å². The number of hydrogen-bond donors (Lipinski definition) is 2. The molecule has 1 atom stereocenters. The molecular formula is C18H21F2NO3S2. The Kier molecular flexibility index (Phi) is 5.48. The first-order chi connectivity index (χ1) is 12.2. The number of hydrogen-bond acceptors (Lipinski definition) is 4. The van der Waals surface area contributed by atoms with E-state index in [9.17, 15) is 22.3 Å². The van der Waals surface area contributed by atoms with Gasteiger partial charge in [-0.1, -0.05) is 12.8 Å². The molecule has 2 N–H and O–H groups in total. The minimum atomic E-state index is -4.09. The first-order valence-corrected chi connectivity index (χ1v) is 10.8. The molecular weight excluding hydrogens is 380 g/mol. The van der Waals surface area contributed by atoms with Gasteiger partial charge in [0.05, 0.1) is 6.10 Å². The van der Waals surface area contributed by atoms with Gasteiger partial charge in [-0.2, -0.15) is 0 Å². The highest BCUT2D eigenvalue weighted by molar-refractivity contribution is 7.89. The molecule has 0 bridgehead atoms. The summed E-state index contributed by atoms with van der Waals surface area (Å²) in [6.07, 6.45) is 3.03. The maximum Gasteiger partial charge on any atom is 0.243 e. The van der Waals surface area contributed by atoms with Gasteiger partial charge in [0.15, 0.2) is 0 Å². The molecule has 3 rings (SSSR count). The van der Waals surface area contributed by atoms with Gasteiger partial charge in [-0.3, -0.25) is 0 Å². The largest absolute Gasteiger partial charge is 0.388 e. The van der Waals surface area contributed by atoms with Crippen molar-refractivity contribution in [2.75, 3.05) is 6.54 Å². The van der Waals surface area contributed by atoms with Crippen molar-refractivity contribution < 1.29 is 22.3 Å². The standard InChI is InChI=1S/C18H21F2NO3S2/c1-12(22)15-5-7-17(25-15)18(8-2-3-9-18)11-21-26(23,24)16-6-4-13(19)10-14(16)20/h4-7,10,12,21-22H,2-3,8-9,11H2,1H3. The van der Waals surface area contributed by atoms with Crippen molar-refractivity contribution in [1.29, 1.82) is 0 Å². The zero-order valence-corrected chi connectivity index (χ0v) is 16.0. The molecule has 26 heavy (non-hydrogen) atoms. The zero-order chi connectivity index (χ0) is 18.9. The van der Waals surface area contributed by atoms with Crippen molar-refractivity contribution in [3.05, 3.63) is 51.7 Å². The Morgan fingerprint density at radius 3 is 2.50 bits per heavy atom. The van der Waals surface area contributed by atoms with Crippen LogP contribution in [0.4, 0.5) is 8.78 Å². The minimum Gasteiger partial charge on any atom is -0.388 e. The van der Waals surface area contributed by atoms with E-state index in [1.807, 2.05) is 12.1 Å². The van der Waals surface area contributed by atoms with Gasteiger partial charge >= 0.3 is 0 Å². The van der Waals surface area contributed by atoms with Crippen molar-refractivity contribution in [1.82, 2.24) is 4.72 Å². The highest BCUT2D eigenvalue weighted by Gasteiger charge is 2.38. The third-order valence-corrected chi connectivity index (χ3v) is 7.84. The fraction of sp³-hybridized carbons (Fsp3) is 0.444. The molecule has 8 heteroatoms. The lowest BCUT2D eigenvalue weighted by molar-refractivity contribution is 0.203. The average molecular weight is 402 g/mol. The predicted octanol–water partition coefficient (Wildman–Crippen LogP) is 3.87. The molecule has 0 amide bonds. The third kappa shape index (κ3) is 3.83. The molecule has 1 unspecified atom stereocenters. The molecule has 0 saturated heterocycles. The Morgan fingerprint density at radius 1 is 1.23 bits per heavy atom. The molecule has 4 nitrogen and oxygen atoms in total. The quantitative estimate of drug-likeness (QED) is 0.772. The summed E-state index contributed by atoms with van der Waals surface area (Å²) in [5.74, 6) is -1.93. The average Bonchev–Trinajstić information content (AvgIpc) is 3.23. The Labute approximate surface area is 155 Å². The third-order valence-electron chi connectivity index (χ3n) is 4.91. The summed E-state index contributed by atoms with van der Waals surface area (Å²) in [4.78, 5) is 1.30. The van der Waals surface area contributed by atoms with Crippen molar-refractivity contribution in [2.24, 2.45) is 0 Å². The second kappa shape index (κ2) is 7.34. The minimum absolute atomic E-state index is 0.145. The summed E-state index contributed by atoms with van der Waals surface area (Å²) in [5, 5.41) is 9.75. The fourth-order valence-corrected chi connectivity index (χ4v) is 5.80. The van der Waals surface area contributed by atoms with Crippen molar-refractivity contribution in [3.63, 3.8) is 0 Å². The van der Waals surface area contributed by atoms with Gasteiger partial charge in [0.2, 0.25) is 10.0 Å². The van der Waals surface area contributed by atoms with E-state index in [1.165, 1.54) is 11.3 Å². The number of halogens is 2. The van der Waals surface area contributed by atoms with E-state index >= 15 is 0 Å². The molecule has 0 radical (unpaired) electrons. The van der Waals surface area contributed by atoms with E-state index in [0.29, 0.717) is 6.07 Å². The maximum absolute atomic E-state index is 13.9. The molecule has 0 spiro atoms. The Morgan fingerprint density at radius 2 is 1.92 bits per heavy atom. The Balaban J connectivity index is 1.84. The Bertz CT molecular complexity index is 888. The van der Waals surface area contributed by atoms with Crippen LogP contribution >= 0.6 is 11.3 Å². The lowest BCUT2D eigenvalue weighted by Gasteiger charge is -2.28. The molecule has 1 aromatic carbocycles. The molecule has 2 aromatic rings. The smallest absolute Gasteiger partial charge is 0.243 e. The summed E-state index contributed by atoms with van der Waals surface area (Å²) in [7, 11) is -4.09. The molecule has 0 aliphatic heterocycles. The van der Waals surface area contributed by atoms with Crippen molar-refractivity contribution >= 4 is 21.4 Å². The summed E-state index contributed by atoms with van der Waals surface area (Å²) < 4.78 is 54.4. The normalized spacial score (nSPS) is 18.2. The molecule has 1 aromatic heterocycles. The van der Waals surface area contributed by atoms with E-state index < -0.39 is 32.7 Å². The number of rotatable bonds is 6. The van der Waals surface area contributed by atoms with Gasteiger partial charge < -0.3 is 5.11 Å². The van der Waals surface area contributed by atoms with Crippen LogP contribution < -0.4 is 4.72 Å². The number of benzene rings is 1.